The Balaban J connectivity index is 1.38. The van der Waals surface area contributed by atoms with E-state index in [9.17, 15) is 4.79 Å². The van der Waals surface area contributed by atoms with Crippen molar-refractivity contribution < 1.29 is 9.21 Å². The summed E-state index contributed by atoms with van der Waals surface area (Å²) >= 11 is 14.7. The van der Waals surface area contributed by atoms with Crippen molar-refractivity contribution in [1.29, 1.82) is 0 Å². The molecule has 0 aliphatic heterocycles. The van der Waals surface area contributed by atoms with E-state index in [1.54, 1.807) is 41.2 Å². The van der Waals surface area contributed by atoms with Crippen LogP contribution in [0, 0.1) is 0 Å². The lowest BCUT2D eigenvalue weighted by atomic mass is 10.2. The molecule has 11 heteroatoms. The van der Waals surface area contributed by atoms with Crippen LogP contribution in [0.3, 0.4) is 0 Å². The maximum absolute atomic E-state index is 12.3. The van der Waals surface area contributed by atoms with Crippen LogP contribution < -0.4 is 5.32 Å². The third kappa shape index (κ3) is 4.48. The maximum Gasteiger partial charge on any atom is 0.236 e. The number of hydrogen-bond donors (Lipinski definition) is 1. The zero-order chi connectivity index (χ0) is 20.4. The van der Waals surface area contributed by atoms with Crippen LogP contribution in [-0.2, 0) is 11.8 Å². The Morgan fingerprint density at radius 3 is 2.93 bits per heavy atom. The molecule has 0 radical (unpaired) electrons. The molecule has 1 amide bonds. The van der Waals surface area contributed by atoms with E-state index in [0.29, 0.717) is 37.6 Å². The SMILES string of the molecule is Cn1c(SCC(=O)Nc2nc(-c3ccc(Cl)cc3Cl)cs2)nnc1-c1ccco1. The van der Waals surface area contributed by atoms with Gasteiger partial charge in [-0.15, -0.1) is 21.5 Å². The van der Waals surface area contributed by atoms with Crippen LogP contribution in [0.5, 0.6) is 0 Å². The van der Waals surface area contributed by atoms with Gasteiger partial charge in [0.2, 0.25) is 5.91 Å². The second-order valence-electron chi connectivity index (χ2n) is 5.84. The van der Waals surface area contributed by atoms with Gasteiger partial charge in [-0.25, -0.2) is 4.98 Å². The lowest BCUT2D eigenvalue weighted by molar-refractivity contribution is -0.113. The van der Waals surface area contributed by atoms with Gasteiger partial charge in [-0.05, 0) is 30.3 Å². The van der Waals surface area contributed by atoms with Crippen LogP contribution in [-0.4, -0.2) is 31.4 Å². The van der Waals surface area contributed by atoms with E-state index in [1.165, 1.54) is 23.1 Å². The molecular weight excluding hydrogens is 453 g/mol. The van der Waals surface area contributed by atoms with Gasteiger partial charge in [0.15, 0.2) is 21.9 Å². The Bertz CT molecular complexity index is 1160. The lowest BCUT2D eigenvalue weighted by Gasteiger charge is -2.03. The highest BCUT2D eigenvalue weighted by atomic mass is 35.5. The molecule has 0 unspecified atom stereocenters. The van der Waals surface area contributed by atoms with Crippen LogP contribution in [0.4, 0.5) is 5.13 Å². The van der Waals surface area contributed by atoms with Gasteiger partial charge < -0.3 is 14.3 Å². The van der Waals surface area contributed by atoms with Gasteiger partial charge >= 0.3 is 0 Å². The average molecular weight is 466 g/mol. The van der Waals surface area contributed by atoms with Crippen LogP contribution >= 0.6 is 46.3 Å². The van der Waals surface area contributed by atoms with Gasteiger partial charge in [0.25, 0.3) is 0 Å². The van der Waals surface area contributed by atoms with Gasteiger partial charge in [-0.1, -0.05) is 35.0 Å². The molecule has 3 aromatic heterocycles. The number of amides is 1. The highest BCUT2D eigenvalue weighted by Gasteiger charge is 2.15. The minimum absolute atomic E-state index is 0.167. The molecule has 4 aromatic rings. The standard InChI is InChI=1S/C18H13Cl2N5O2S2/c1-25-16(14-3-2-6-27-14)23-24-18(25)29-9-15(26)22-17-21-13(8-28-17)11-5-4-10(19)7-12(11)20/h2-8H,9H2,1H3,(H,21,22,26). The van der Waals surface area contributed by atoms with Crippen molar-refractivity contribution in [2.24, 2.45) is 7.05 Å². The molecule has 4 rings (SSSR count). The maximum atomic E-state index is 12.3. The van der Waals surface area contributed by atoms with Crippen molar-refractivity contribution in [2.45, 2.75) is 5.16 Å². The molecule has 0 aliphatic carbocycles. The van der Waals surface area contributed by atoms with E-state index < -0.39 is 0 Å². The molecule has 0 fully saturated rings. The van der Waals surface area contributed by atoms with Crippen molar-refractivity contribution in [1.82, 2.24) is 19.7 Å². The largest absolute Gasteiger partial charge is 0.461 e. The molecule has 1 N–H and O–H groups in total. The first-order valence-corrected chi connectivity index (χ1v) is 10.9. The van der Waals surface area contributed by atoms with Crippen molar-refractivity contribution in [3.63, 3.8) is 0 Å². The summed E-state index contributed by atoms with van der Waals surface area (Å²) in [5.74, 6) is 1.19. The molecule has 3 heterocycles. The molecule has 0 spiro atoms. The number of rotatable bonds is 6. The number of nitrogens with zero attached hydrogens (tertiary/aromatic N) is 4. The fourth-order valence-corrected chi connectivity index (χ4v) is 4.44. The van der Waals surface area contributed by atoms with Gasteiger partial charge in [0.1, 0.15) is 0 Å². The Hall–Kier alpha value is -2.33. The van der Waals surface area contributed by atoms with Gasteiger partial charge in [-0.3, -0.25) is 4.79 Å². The average Bonchev–Trinajstić information content (AvgIpc) is 3.42. The highest BCUT2D eigenvalue weighted by Crippen LogP contribution is 2.32. The number of thioether (sulfide) groups is 1. The fraction of sp³-hybridized carbons (Fsp3) is 0.111. The molecule has 7 nitrogen and oxygen atoms in total. The van der Waals surface area contributed by atoms with Gasteiger partial charge in [0, 0.05) is 23.0 Å². The molecule has 0 aliphatic rings. The number of anilines is 1. The first-order chi connectivity index (χ1) is 14.0. The Morgan fingerprint density at radius 1 is 1.31 bits per heavy atom. The normalized spacial score (nSPS) is 11.0. The number of aromatic nitrogens is 4. The van der Waals surface area contributed by atoms with Gasteiger partial charge in [-0.2, -0.15) is 0 Å². The summed E-state index contributed by atoms with van der Waals surface area (Å²) in [6, 6.07) is 8.78. The van der Waals surface area contributed by atoms with Gasteiger partial charge in [0.05, 0.1) is 22.7 Å². The minimum Gasteiger partial charge on any atom is -0.461 e. The summed E-state index contributed by atoms with van der Waals surface area (Å²) in [5, 5.41) is 15.0. The smallest absolute Gasteiger partial charge is 0.236 e. The van der Waals surface area contributed by atoms with E-state index in [2.05, 4.69) is 20.5 Å². The summed E-state index contributed by atoms with van der Waals surface area (Å²) in [5.41, 5.74) is 1.43. The number of hydrogen-bond acceptors (Lipinski definition) is 7. The fourth-order valence-electron chi connectivity index (χ4n) is 2.50. The van der Waals surface area contributed by atoms with E-state index in [0.717, 1.165) is 5.56 Å². The molecule has 1 aromatic carbocycles. The summed E-state index contributed by atoms with van der Waals surface area (Å²) in [4.78, 5) is 16.7. The molecule has 148 valence electrons. The number of carbonyl (C=O) groups is 1. The first-order valence-electron chi connectivity index (χ1n) is 8.28. The van der Waals surface area contributed by atoms with Crippen LogP contribution in [0.1, 0.15) is 0 Å². The van der Waals surface area contributed by atoms with Crippen molar-refractivity contribution in [3.05, 3.63) is 52.0 Å². The second kappa shape index (κ2) is 8.58. The van der Waals surface area contributed by atoms with E-state index >= 15 is 0 Å². The Morgan fingerprint density at radius 2 is 2.17 bits per heavy atom. The van der Waals surface area contributed by atoms with E-state index in [1.807, 2.05) is 12.4 Å². The molecule has 0 atom stereocenters. The van der Waals surface area contributed by atoms with Crippen molar-refractivity contribution in [3.8, 4) is 22.8 Å². The monoisotopic (exact) mass is 465 g/mol. The lowest BCUT2D eigenvalue weighted by Crippen LogP contribution is -2.14. The molecular formula is C18H13Cl2N5O2S2. The quantitative estimate of drug-likeness (QED) is 0.392. The number of furan rings is 1. The Labute approximate surface area is 184 Å². The van der Waals surface area contributed by atoms with Crippen LogP contribution in [0.2, 0.25) is 10.0 Å². The number of halogens is 2. The predicted octanol–water partition coefficient (Wildman–Crippen LogP) is 5.24. The number of thiazole rings is 1. The number of nitrogens with one attached hydrogen (secondary N) is 1. The number of benzene rings is 1. The third-order valence-corrected chi connectivity index (χ3v) is 6.19. The third-order valence-electron chi connectivity index (χ3n) is 3.87. The molecule has 29 heavy (non-hydrogen) atoms. The summed E-state index contributed by atoms with van der Waals surface area (Å²) < 4.78 is 7.12. The summed E-state index contributed by atoms with van der Waals surface area (Å²) in [6.07, 6.45) is 1.57. The molecule has 0 saturated heterocycles. The zero-order valence-electron chi connectivity index (χ0n) is 14.9. The molecule has 0 bridgehead atoms. The molecule has 0 saturated carbocycles. The van der Waals surface area contributed by atoms with Crippen molar-refractivity contribution in [2.75, 3.05) is 11.1 Å². The second-order valence-corrected chi connectivity index (χ2v) is 8.49. The Kier molecular flexibility index (Phi) is 5.91. The number of carbonyl (C=O) groups excluding carboxylic acids is 1. The minimum atomic E-state index is -0.194. The van der Waals surface area contributed by atoms with Crippen molar-refractivity contribution >= 4 is 57.3 Å². The first kappa shape index (κ1) is 20.0. The van der Waals surface area contributed by atoms with E-state index in [4.69, 9.17) is 27.6 Å². The van der Waals surface area contributed by atoms with Crippen LogP contribution in [0.15, 0.2) is 51.5 Å². The summed E-state index contributed by atoms with van der Waals surface area (Å²) in [7, 11) is 1.82. The predicted molar refractivity (Wildman–Crippen MR) is 116 cm³/mol. The zero-order valence-corrected chi connectivity index (χ0v) is 18.1. The van der Waals surface area contributed by atoms with Crippen LogP contribution in [0.25, 0.3) is 22.8 Å². The topological polar surface area (TPSA) is 85.8 Å². The highest BCUT2D eigenvalue weighted by molar-refractivity contribution is 7.99. The van der Waals surface area contributed by atoms with E-state index in [-0.39, 0.29) is 11.7 Å². The summed E-state index contributed by atoms with van der Waals surface area (Å²) in [6.45, 7) is 0.